The highest BCUT2D eigenvalue weighted by Crippen LogP contribution is 2.39. The summed E-state index contributed by atoms with van der Waals surface area (Å²) in [5.41, 5.74) is 2.81. The van der Waals surface area contributed by atoms with Crippen LogP contribution in [0.3, 0.4) is 0 Å². The summed E-state index contributed by atoms with van der Waals surface area (Å²) in [6.45, 7) is 4.44. The van der Waals surface area contributed by atoms with Gasteiger partial charge in [-0.1, -0.05) is 30.7 Å². The van der Waals surface area contributed by atoms with Gasteiger partial charge in [-0.2, -0.15) is 5.10 Å². The summed E-state index contributed by atoms with van der Waals surface area (Å²) < 4.78 is 25.4. The highest BCUT2D eigenvalue weighted by Gasteiger charge is 2.38. The number of rotatable bonds is 4. The molecule has 0 spiro atoms. The zero-order valence-corrected chi connectivity index (χ0v) is 17.4. The molecule has 0 unspecified atom stereocenters. The second kappa shape index (κ2) is 7.08. The van der Waals surface area contributed by atoms with E-state index in [1.165, 1.54) is 0 Å². The van der Waals surface area contributed by atoms with Gasteiger partial charge in [0.05, 0.1) is 34.4 Å². The molecule has 1 N–H and O–H groups in total. The van der Waals surface area contributed by atoms with Crippen molar-refractivity contribution in [1.82, 2.24) is 14.7 Å². The topological polar surface area (TPSA) is 84.3 Å². The quantitative estimate of drug-likeness (QED) is 0.817. The number of nitrogens with one attached hydrogen (secondary N) is 1. The SMILES string of the molecule is CCCN1C(=O)c2ccccc2N[C@@H]1c1c(C)nn([C@@H]2CCS(=O)(=O)C2)c1Cl. The van der Waals surface area contributed by atoms with Crippen molar-refractivity contribution in [2.75, 3.05) is 23.4 Å². The number of halogens is 1. The van der Waals surface area contributed by atoms with E-state index in [4.69, 9.17) is 11.6 Å². The first-order valence-electron chi connectivity index (χ1n) is 9.44. The van der Waals surface area contributed by atoms with Crippen LogP contribution in [-0.4, -0.2) is 47.1 Å². The van der Waals surface area contributed by atoms with Crippen molar-refractivity contribution in [1.29, 1.82) is 0 Å². The van der Waals surface area contributed by atoms with Crippen molar-refractivity contribution in [2.24, 2.45) is 0 Å². The van der Waals surface area contributed by atoms with Gasteiger partial charge in [0.25, 0.3) is 5.91 Å². The number of hydrogen-bond donors (Lipinski definition) is 1. The molecule has 7 nitrogen and oxygen atoms in total. The molecule has 3 heterocycles. The van der Waals surface area contributed by atoms with E-state index in [1.54, 1.807) is 9.58 Å². The summed E-state index contributed by atoms with van der Waals surface area (Å²) in [6, 6.07) is 7.15. The van der Waals surface area contributed by atoms with Crippen LogP contribution in [0.4, 0.5) is 5.69 Å². The molecule has 2 atom stereocenters. The van der Waals surface area contributed by atoms with Crippen LogP contribution in [0.2, 0.25) is 5.15 Å². The lowest BCUT2D eigenvalue weighted by molar-refractivity contribution is 0.0683. The fraction of sp³-hybridized carbons (Fsp3) is 0.474. The second-order valence-corrected chi connectivity index (χ2v) is 9.97. The molecule has 4 rings (SSSR count). The van der Waals surface area contributed by atoms with E-state index in [0.29, 0.717) is 29.4 Å². The zero-order valence-electron chi connectivity index (χ0n) is 15.9. The Bertz CT molecular complexity index is 1030. The Kier molecular flexibility index (Phi) is 4.87. The van der Waals surface area contributed by atoms with Crippen LogP contribution in [0, 0.1) is 6.92 Å². The molecule has 1 amide bonds. The maximum absolute atomic E-state index is 13.1. The predicted octanol–water partition coefficient (Wildman–Crippen LogP) is 3.18. The summed E-state index contributed by atoms with van der Waals surface area (Å²) >= 11 is 6.70. The van der Waals surface area contributed by atoms with Gasteiger partial charge in [-0.3, -0.25) is 4.79 Å². The summed E-state index contributed by atoms with van der Waals surface area (Å²) in [5.74, 6) is 0.150. The van der Waals surface area contributed by atoms with Crippen molar-refractivity contribution >= 4 is 33.0 Å². The molecule has 1 aromatic heterocycles. The van der Waals surface area contributed by atoms with Crippen molar-refractivity contribution < 1.29 is 13.2 Å². The largest absolute Gasteiger partial charge is 0.361 e. The molecule has 2 aliphatic heterocycles. The maximum Gasteiger partial charge on any atom is 0.257 e. The number of nitrogens with zero attached hydrogens (tertiary/aromatic N) is 3. The van der Waals surface area contributed by atoms with Crippen LogP contribution in [0.1, 0.15) is 53.6 Å². The molecule has 9 heteroatoms. The minimum atomic E-state index is -3.06. The molecule has 0 bridgehead atoms. The van der Waals surface area contributed by atoms with Crippen LogP contribution in [0.25, 0.3) is 0 Å². The van der Waals surface area contributed by atoms with E-state index in [9.17, 15) is 13.2 Å². The average Bonchev–Trinajstić information content (AvgIpc) is 3.16. The maximum atomic E-state index is 13.1. The lowest BCUT2D eigenvalue weighted by Gasteiger charge is -2.38. The molecule has 150 valence electrons. The monoisotopic (exact) mass is 422 g/mol. The Labute approximate surface area is 169 Å². The number of aromatic nitrogens is 2. The van der Waals surface area contributed by atoms with Crippen LogP contribution in [-0.2, 0) is 9.84 Å². The Hall–Kier alpha value is -2.06. The lowest BCUT2D eigenvalue weighted by atomic mass is 10.0. The Balaban J connectivity index is 1.76. The van der Waals surface area contributed by atoms with Gasteiger partial charge in [-0.05, 0) is 31.9 Å². The third kappa shape index (κ3) is 3.18. The highest BCUT2D eigenvalue weighted by atomic mass is 35.5. The Morgan fingerprint density at radius 2 is 2.07 bits per heavy atom. The fourth-order valence-corrected chi connectivity index (χ4v) is 6.15. The van der Waals surface area contributed by atoms with Crippen molar-refractivity contribution in [3.05, 3.63) is 46.2 Å². The number of hydrogen-bond acceptors (Lipinski definition) is 5. The van der Waals surface area contributed by atoms with Gasteiger partial charge in [0.1, 0.15) is 11.3 Å². The molecular formula is C19H23ClN4O3S. The molecular weight excluding hydrogens is 400 g/mol. The van der Waals surface area contributed by atoms with Crippen LogP contribution < -0.4 is 5.32 Å². The van der Waals surface area contributed by atoms with E-state index >= 15 is 0 Å². The number of aryl methyl sites for hydroxylation is 1. The van der Waals surface area contributed by atoms with Gasteiger partial charge in [-0.15, -0.1) is 0 Å². The number of carbonyl (C=O) groups is 1. The van der Waals surface area contributed by atoms with Gasteiger partial charge in [0.15, 0.2) is 9.84 Å². The molecule has 0 aliphatic carbocycles. The lowest BCUT2D eigenvalue weighted by Crippen LogP contribution is -2.43. The standard InChI is InChI=1S/C19H23ClN4O3S/c1-3-9-23-18(21-15-7-5-4-6-14(15)19(23)25)16-12(2)22-24(17(16)20)13-8-10-28(26,27)11-13/h4-7,13,18,21H,3,8-11H2,1-2H3/t13-,18+/m1/s1. The van der Waals surface area contributed by atoms with E-state index in [1.807, 2.05) is 38.1 Å². The van der Waals surface area contributed by atoms with E-state index < -0.39 is 16.0 Å². The second-order valence-electron chi connectivity index (χ2n) is 7.38. The zero-order chi connectivity index (χ0) is 20.1. The fourth-order valence-electron chi connectivity index (χ4n) is 4.05. The molecule has 2 aliphatic rings. The smallest absolute Gasteiger partial charge is 0.257 e. The third-order valence-corrected chi connectivity index (χ3v) is 7.51. The summed E-state index contributed by atoms with van der Waals surface area (Å²) in [5, 5.41) is 8.37. The van der Waals surface area contributed by atoms with Gasteiger partial charge < -0.3 is 10.2 Å². The van der Waals surface area contributed by atoms with Crippen LogP contribution in [0.5, 0.6) is 0 Å². The van der Waals surface area contributed by atoms with Gasteiger partial charge in [-0.25, -0.2) is 13.1 Å². The molecule has 28 heavy (non-hydrogen) atoms. The first kappa shape index (κ1) is 19.3. The molecule has 1 aromatic carbocycles. The minimum Gasteiger partial charge on any atom is -0.361 e. The third-order valence-electron chi connectivity index (χ3n) is 5.39. The number of amides is 1. The van der Waals surface area contributed by atoms with Gasteiger partial charge >= 0.3 is 0 Å². The van der Waals surface area contributed by atoms with E-state index in [2.05, 4.69) is 10.4 Å². The predicted molar refractivity (Wildman–Crippen MR) is 108 cm³/mol. The van der Waals surface area contributed by atoms with Gasteiger partial charge in [0, 0.05) is 12.2 Å². The first-order valence-corrected chi connectivity index (χ1v) is 11.6. The van der Waals surface area contributed by atoms with E-state index in [-0.39, 0.29) is 23.5 Å². The van der Waals surface area contributed by atoms with Gasteiger partial charge in [0.2, 0.25) is 0 Å². The van der Waals surface area contributed by atoms with Crippen LogP contribution >= 0.6 is 11.6 Å². The number of fused-ring (bicyclic) bond motifs is 1. The number of sulfone groups is 1. The molecule has 0 saturated carbocycles. The Morgan fingerprint density at radius 3 is 2.75 bits per heavy atom. The van der Waals surface area contributed by atoms with Crippen molar-refractivity contribution in [2.45, 2.75) is 38.9 Å². The average molecular weight is 423 g/mol. The minimum absolute atomic E-state index is 0.0474. The summed E-state index contributed by atoms with van der Waals surface area (Å²) in [4.78, 5) is 14.9. The number of benzene rings is 1. The van der Waals surface area contributed by atoms with Crippen LogP contribution in [0.15, 0.2) is 24.3 Å². The number of para-hydroxylation sites is 1. The molecule has 2 aromatic rings. The molecule has 1 fully saturated rings. The van der Waals surface area contributed by atoms with Crippen molar-refractivity contribution in [3.63, 3.8) is 0 Å². The first-order chi connectivity index (χ1) is 13.3. The summed E-state index contributed by atoms with van der Waals surface area (Å²) in [6.07, 6.45) is 0.862. The normalized spacial score (nSPS) is 23.5. The summed E-state index contributed by atoms with van der Waals surface area (Å²) in [7, 11) is -3.06. The number of carbonyl (C=O) groups excluding carboxylic acids is 1. The van der Waals surface area contributed by atoms with E-state index in [0.717, 1.165) is 17.7 Å². The molecule has 1 saturated heterocycles. The number of anilines is 1. The van der Waals surface area contributed by atoms with Crippen molar-refractivity contribution in [3.8, 4) is 0 Å². The Morgan fingerprint density at radius 1 is 1.32 bits per heavy atom. The highest BCUT2D eigenvalue weighted by molar-refractivity contribution is 7.91. The molecule has 0 radical (unpaired) electrons.